The largest absolute Gasteiger partial charge is 2.00 e. The van der Waals surface area contributed by atoms with Crippen molar-refractivity contribution >= 4 is 22.2 Å². The van der Waals surface area contributed by atoms with E-state index in [9.17, 15) is 0 Å². The molecule has 8 nitrogen and oxygen atoms in total. The Bertz CT molecular complexity index is 2140. The number of hydrogen-bond donors (Lipinski definition) is 0. The van der Waals surface area contributed by atoms with Crippen molar-refractivity contribution in [3.8, 4) is 34.0 Å². The predicted molar refractivity (Wildman–Crippen MR) is 162 cm³/mol. The normalized spacial score (nSPS) is 14.2. The molecule has 0 radical (unpaired) electrons. The number of oxazole rings is 2. The van der Waals surface area contributed by atoms with Gasteiger partial charge in [0.2, 0.25) is 5.89 Å². The summed E-state index contributed by atoms with van der Waals surface area (Å²) in [7, 11) is 0. The summed E-state index contributed by atoms with van der Waals surface area (Å²) >= 11 is 0. The molecule has 1 unspecified atom stereocenters. The minimum absolute atomic E-state index is 0. The van der Waals surface area contributed by atoms with Gasteiger partial charge in [-0.1, -0.05) is 65.8 Å². The van der Waals surface area contributed by atoms with Crippen LogP contribution in [0.15, 0.2) is 113 Å². The van der Waals surface area contributed by atoms with Crippen molar-refractivity contribution in [2.75, 3.05) is 0 Å². The number of nitrogens with zero attached hydrogens (tertiary/aromatic N) is 6. The number of benzene rings is 3. The fourth-order valence-electron chi connectivity index (χ4n) is 5.33. The van der Waals surface area contributed by atoms with Gasteiger partial charge in [0.05, 0.1) is 17.1 Å². The van der Waals surface area contributed by atoms with E-state index in [2.05, 4.69) is 44.2 Å². The Hall–Kier alpha value is -5.07. The maximum Gasteiger partial charge on any atom is 2.00 e. The van der Waals surface area contributed by atoms with E-state index in [1.54, 1.807) is 12.4 Å². The summed E-state index contributed by atoms with van der Waals surface area (Å²) in [4.78, 5) is 26.9. The van der Waals surface area contributed by atoms with Gasteiger partial charge in [-0.2, -0.15) is 0 Å². The number of allylic oxidation sites excluding steroid dienone is 4. The molecule has 8 rings (SSSR count). The van der Waals surface area contributed by atoms with Crippen LogP contribution in [0.3, 0.4) is 0 Å². The van der Waals surface area contributed by atoms with Gasteiger partial charge >= 0.3 is 21.1 Å². The van der Waals surface area contributed by atoms with Crippen molar-refractivity contribution in [3.63, 3.8) is 0 Å². The molecular weight excluding hydrogens is 732 g/mol. The first-order chi connectivity index (χ1) is 21.3. The first-order valence-electron chi connectivity index (χ1n) is 13.9. The average molecular weight is 754 g/mol. The quantitative estimate of drug-likeness (QED) is 0.163. The molecule has 214 valence electrons. The molecule has 0 fully saturated rings. The van der Waals surface area contributed by atoms with Gasteiger partial charge in [-0.15, -0.1) is 35.4 Å². The Morgan fingerprint density at radius 1 is 0.750 bits per heavy atom. The second-order valence-corrected chi connectivity index (χ2v) is 10.2. The molecule has 0 aliphatic heterocycles. The molecule has 1 atom stereocenters. The number of hydrogen-bond acceptors (Lipinski definition) is 8. The maximum absolute atomic E-state index is 6.35. The van der Waals surface area contributed by atoms with Gasteiger partial charge in [0.15, 0.2) is 5.89 Å². The molecule has 1 aliphatic carbocycles. The molecule has 1 aliphatic rings. The minimum atomic E-state index is 0. The molecule has 0 spiro atoms. The molecule has 0 amide bonds. The molecule has 9 heteroatoms. The van der Waals surface area contributed by atoms with E-state index in [0.717, 1.165) is 45.3 Å². The van der Waals surface area contributed by atoms with Crippen LogP contribution in [0.1, 0.15) is 29.4 Å². The molecule has 7 aromatic rings. The van der Waals surface area contributed by atoms with E-state index >= 15 is 0 Å². The summed E-state index contributed by atoms with van der Waals surface area (Å²) in [6, 6.07) is 24.7. The molecule has 0 N–H and O–H groups in total. The third kappa shape index (κ3) is 5.29. The van der Waals surface area contributed by atoms with Crippen molar-refractivity contribution in [2.24, 2.45) is 0 Å². The van der Waals surface area contributed by atoms with Gasteiger partial charge < -0.3 is 8.83 Å². The van der Waals surface area contributed by atoms with Crippen LogP contribution in [0.4, 0.5) is 0 Å². The molecule has 44 heavy (non-hydrogen) atoms. The van der Waals surface area contributed by atoms with Crippen LogP contribution < -0.4 is 0 Å². The average Bonchev–Trinajstić information content (AvgIpc) is 3.71. The van der Waals surface area contributed by atoms with Crippen LogP contribution in [0.25, 0.3) is 56.2 Å². The third-order valence-electron chi connectivity index (χ3n) is 7.35. The molecule has 0 bridgehead atoms. The van der Waals surface area contributed by atoms with Crippen molar-refractivity contribution < 1.29 is 29.9 Å². The van der Waals surface area contributed by atoms with Crippen molar-refractivity contribution in [3.05, 3.63) is 133 Å². The van der Waals surface area contributed by atoms with E-state index in [-0.39, 0.29) is 27.0 Å². The summed E-state index contributed by atoms with van der Waals surface area (Å²) in [6.07, 6.45) is 16.1. The van der Waals surface area contributed by atoms with Crippen molar-refractivity contribution in [1.82, 2.24) is 29.9 Å². The molecular formula is C35H22N6O2Pt. The summed E-state index contributed by atoms with van der Waals surface area (Å²) in [5, 5.41) is 0. The Kier molecular flexibility index (Phi) is 7.50. The Morgan fingerprint density at radius 2 is 1.41 bits per heavy atom. The van der Waals surface area contributed by atoms with E-state index < -0.39 is 0 Å². The van der Waals surface area contributed by atoms with Crippen LogP contribution >= 0.6 is 0 Å². The molecule has 0 saturated heterocycles. The van der Waals surface area contributed by atoms with Crippen LogP contribution in [-0.4, -0.2) is 29.9 Å². The summed E-state index contributed by atoms with van der Waals surface area (Å²) < 4.78 is 12.6. The topological polar surface area (TPSA) is 104 Å². The second-order valence-electron chi connectivity index (χ2n) is 10.2. The van der Waals surface area contributed by atoms with Gasteiger partial charge in [-0.25, -0.2) is 19.9 Å². The van der Waals surface area contributed by atoms with Gasteiger partial charge in [-0.3, -0.25) is 9.97 Å². The zero-order valence-corrected chi connectivity index (χ0v) is 25.4. The fraction of sp³-hybridized carbons (Fsp3) is 0.0857. The monoisotopic (exact) mass is 753 g/mol. The first-order valence-corrected chi connectivity index (χ1v) is 13.9. The first kappa shape index (κ1) is 27.7. The Labute approximate surface area is 266 Å². The maximum atomic E-state index is 6.35. The summed E-state index contributed by atoms with van der Waals surface area (Å²) in [5.74, 6) is 1.29. The fourth-order valence-corrected chi connectivity index (χ4v) is 5.33. The minimum Gasteiger partial charge on any atom is -0.487 e. The van der Waals surface area contributed by atoms with Crippen molar-refractivity contribution in [1.29, 1.82) is 0 Å². The van der Waals surface area contributed by atoms with Gasteiger partial charge in [0.1, 0.15) is 12.7 Å². The standard InChI is InChI=1S/C35H22N6O2.Pt/c1-3-7-24(8-4-1)34-40-30-18-22(16-26(32(30)42-34)28-11-13-36-20-38-28)15-23-17-27(29-12-14-37-21-39-29)33-31(19-23)41-35(43-33)25-9-5-2-6-10-25;/h1-9,11-14,18-21,25H,10,15H2;/q-2;+2. The second kappa shape index (κ2) is 11.9. The van der Waals surface area contributed by atoms with Gasteiger partial charge in [-0.05, 0) is 36.4 Å². The van der Waals surface area contributed by atoms with Crippen LogP contribution in [0, 0.1) is 12.1 Å². The summed E-state index contributed by atoms with van der Waals surface area (Å²) in [6.45, 7) is 0. The van der Waals surface area contributed by atoms with E-state index in [1.165, 1.54) is 12.7 Å². The van der Waals surface area contributed by atoms with Gasteiger partial charge in [0.25, 0.3) is 0 Å². The smallest absolute Gasteiger partial charge is 0.487 e. The number of fused-ring (bicyclic) bond motifs is 2. The molecule has 4 aromatic heterocycles. The zero-order chi connectivity index (χ0) is 28.6. The van der Waals surface area contributed by atoms with Crippen molar-refractivity contribution in [2.45, 2.75) is 18.8 Å². The van der Waals surface area contributed by atoms with Crippen LogP contribution in [0.5, 0.6) is 0 Å². The van der Waals surface area contributed by atoms with Crippen LogP contribution in [0.2, 0.25) is 0 Å². The SMILES string of the molecule is [Pt+2].[c-]1c(Cc2[c-]c(-c3ccncn3)c3oc(C4C=CC=CC4)nc3c2)cc2nc(-c3ccccc3)oc2c1-c1ccncn1. The van der Waals surface area contributed by atoms with Gasteiger partial charge in [0, 0.05) is 29.0 Å². The summed E-state index contributed by atoms with van der Waals surface area (Å²) in [5.41, 5.74) is 8.36. The Morgan fingerprint density at radius 3 is 2.02 bits per heavy atom. The molecule has 3 aromatic carbocycles. The van der Waals surface area contributed by atoms with E-state index in [1.807, 2.05) is 66.7 Å². The predicted octanol–water partition coefficient (Wildman–Crippen LogP) is 7.34. The van der Waals surface area contributed by atoms with Crippen LogP contribution in [-0.2, 0) is 27.5 Å². The van der Waals surface area contributed by atoms with E-state index in [0.29, 0.717) is 40.8 Å². The van der Waals surface area contributed by atoms with E-state index in [4.69, 9.17) is 18.8 Å². The zero-order valence-electron chi connectivity index (χ0n) is 23.1. The Balaban J connectivity index is 0.00000312. The number of aromatic nitrogens is 6. The molecule has 0 saturated carbocycles. The third-order valence-corrected chi connectivity index (χ3v) is 7.35. The molecule has 4 heterocycles. The number of rotatable bonds is 6.